The largest absolute Gasteiger partial charge is 0.399 e. The Morgan fingerprint density at radius 2 is 1.84 bits per heavy atom. The number of anilines is 1. The van der Waals surface area contributed by atoms with Crippen LogP contribution in [0.2, 0.25) is 0 Å². The van der Waals surface area contributed by atoms with Crippen molar-refractivity contribution in [2.75, 3.05) is 25.5 Å². The van der Waals surface area contributed by atoms with Crippen LogP contribution in [-0.4, -0.2) is 28.2 Å². The molecule has 0 atom stereocenters. The molecular formula is C13H20N2O3S. The number of sulfonamides is 1. The smallest absolute Gasteiger partial charge is 0.240 e. The van der Waals surface area contributed by atoms with E-state index in [2.05, 4.69) is 11.6 Å². The Kier molecular flexibility index (Phi) is 4.13. The van der Waals surface area contributed by atoms with E-state index < -0.39 is 10.0 Å². The predicted octanol–water partition coefficient (Wildman–Crippen LogP) is 1.36. The fourth-order valence-corrected chi connectivity index (χ4v) is 3.24. The van der Waals surface area contributed by atoms with Crippen LogP contribution in [0.5, 0.6) is 0 Å². The van der Waals surface area contributed by atoms with Crippen molar-refractivity contribution < 1.29 is 13.2 Å². The van der Waals surface area contributed by atoms with Gasteiger partial charge in [0.15, 0.2) is 0 Å². The summed E-state index contributed by atoms with van der Waals surface area (Å²) in [6, 6.07) is 6.21. The first-order chi connectivity index (χ1) is 8.91. The van der Waals surface area contributed by atoms with Gasteiger partial charge in [-0.1, -0.05) is 6.92 Å². The zero-order chi connectivity index (χ0) is 13.9. The lowest BCUT2D eigenvalue weighted by Crippen LogP contribution is -2.39. The summed E-state index contributed by atoms with van der Waals surface area (Å²) in [5, 5.41) is 0. The molecule has 5 nitrogen and oxygen atoms in total. The molecule has 2 rings (SSSR count). The summed E-state index contributed by atoms with van der Waals surface area (Å²) in [6.07, 6.45) is 1.74. The highest BCUT2D eigenvalue weighted by atomic mass is 32.2. The molecule has 1 aliphatic rings. The normalized spacial score (nSPS) is 19.2. The minimum Gasteiger partial charge on any atom is -0.399 e. The Hall–Kier alpha value is -1.11. The van der Waals surface area contributed by atoms with E-state index >= 15 is 0 Å². The van der Waals surface area contributed by atoms with Crippen molar-refractivity contribution in [2.45, 2.75) is 24.7 Å². The van der Waals surface area contributed by atoms with Gasteiger partial charge in [-0.25, -0.2) is 13.1 Å². The summed E-state index contributed by atoms with van der Waals surface area (Å²) >= 11 is 0. The van der Waals surface area contributed by atoms with Gasteiger partial charge in [-0.3, -0.25) is 0 Å². The third-order valence-corrected chi connectivity index (χ3v) is 5.00. The SMILES string of the molecule is CC1(CNS(=O)(=O)c2ccc(N)cc2)CCOCC1. The van der Waals surface area contributed by atoms with E-state index in [0.29, 0.717) is 25.4 Å². The molecule has 106 valence electrons. The van der Waals surface area contributed by atoms with Crippen LogP contribution in [0, 0.1) is 5.41 Å². The topological polar surface area (TPSA) is 81.4 Å². The van der Waals surface area contributed by atoms with Crippen LogP contribution in [0.15, 0.2) is 29.2 Å². The lowest BCUT2D eigenvalue weighted by molar-refractivity contribution is 0.0265. The third-order valence-electron chi connectivity index (χ3n) is 3.58. The highest BCUT2D eigenvalue weighted by Crippen LogP contribution is 2.29. The molecule has 1 saturated heterocycles. The molecule has 0 aliphatic carbocycles. The number of rotatable bonds is 4. The number of nitrogens with one attached hydrogen (secondary N) is 1. The van der Waals surface area contributed by atoms with E-state index in [0.717, 1.165) is 12.8 Å². The fourth-order valence-electron chi connectivity index (χ4n) is 2.04. The number of benzene rings is 1. The van der Waals surface area contributed by atoms with Gasteiger partial charge in [0.05, 0.1) is 4.90 Å². The second-order valence-corrected chi connectivity index (χ2v) is 7.08. The van der Waals surface area contributed by atoms with Crippen molar-refractivity contribution in [3.8, 4) is 0 Å². The fraction of sp³-hybridized carbons (Fsp3) is 0.538. The van der Waals surface area contributed by atoms with Crippen molar-refractivity contribution in [3.63, 3.8) is 0 Å². The van der Waals surface area contributed by atoms with Crippen molar-refractivity contribution >= 4 is 15.7 Å². The molecule has 0 spiro atoms. The van der Waals surface area contributed by atoms with E-state index in [-0.39, 0.29) is 10.3 Å². The van der Waals surface area contributed by atoms with Gasteiger partial charge in [-0.15, -0.1) is 0 Å². The molecule has 1 fully saturated rings. The van der Waals surface area contributed by atoms with Crippen molar-refractivity contribution in [2.24, 2.45) is 5.41 Å². The first kappa shape index (κ1) is 14.3. The molecule has 0 radical (unpaired) electrons. The summed E-state index contributed by atoms with van der Waals surface area (Å²) < 4.78 is 32.3. The number of nitrogen functional groups attached to an aromatic ring is 1. The van der Waals surface area contributed by atoms with Gasteiger partial charge in [-0.05, 0) is 42.5 Å². The Morgan fingerprint density at radius 1 is 1.26 bits per heavy atom. The van der Waals surface area contributed by atoms with Crippen LogP contribution < -0.4 is 10.5 Å². The van der Waals surface area contributed by atoms with E-state index in [4.69, 9.17) is 10.5 Å². The highest BCUT2D eigenvalue weighted by Gasteiger charge is 2.29. The van der Waals surface area contributed by atoms with Gasteiger partial charge >= 0.3 is 0 Å². The number of ether oxygens (including phenoxy) is 1. The average molecular weight is 284 g/mol. The molecule has 6 heteroatoms. The Bertz CT molecular complexity index is 519. The van der Waals surface area contributed by atoms with Crippen LogP contribution in [0.1, 0.15) is 19.8 Å². The molecule has 19 heavy (non-hydrogen) atoms. The lowest BCUT2D eigenvalue weighted by Gasteiger charge is -2.33. The van der Waals surface area contributed by atoms with Crippen LogP contribution in [0.25, 0.3) is 0 Å². The molecule has 0 bridgehead atoms. The summed E-state index contributed by atoms with van der Waals surface area (Å²) in [6.45, 7) is 3.91. The van der Waals surface area contributed by atoms with E-state index in [9.17, 15) is 8.42 Å². The molecule has 0 unspecified atom stereocenters. The molecule has 0 saturated carbocycles. The molecule has 0 aromatic heterocycles. The van der Waals surface area contributed by atoms with E-state index in [1.165, 1.54) is 12.1 Å². The minimum absolute atomic E-state index is 0.0286. The second-order valence-electron chi connectivity index (χ2n) is 5.32. The van der Waals surface area contributed by atoms with E-state index in [1.807, 2.05) is 0 Å². The molecule has 0 amide bonds. The zero-order valence-corrected chi connectivity index (χ0v) is 11.9. The number of nitrogens with two attached hydrogens (primary N) is 1. The molecule has 3 N–H and O–H groups in total. The van der Waals surface area contributed by atoms with Crippen molar-refractivity contribution in [1.29, 1.82) is 0 Å². The van der Waals surface area contributed by atoms with E-state index in [1.54, 1.807) is 12.1 Å². The standard InChI is InChI=1S/C13H20N2O3S/c1-13(6-8-18-9-7-13)10-15-19(16,17)12-4-2-11(14)3-5-12/h2-5,15H,6-10,14H2,1H3. The van der Waals surface area contributed by atoms with Crippen LogP contribution in [0.4, 0.5) is 5.69 Å². The van der Waals surface area contributed by atoms with Gasteiger partial charge in [0.1, 0.15) is 0 Å². The molecular weight excluding hydrogens is 264 g/mol. The molecule has 1 heterocycles. The van der Waals surface area contributed by atoms with Crippen LogP contribution in [0.3, 0.4) is 0 Å². The summed E-state index contributed by atoms with van der Waals surface area (Å²) in [5.41, 5.74) is 6.08. The first-order valence-corrected chi connectivity index (χ1v) is 7.83. The number of hydrogen-bond acceptors (Lipinski definition) is 4. The Labute approximate surface area is 114 Å². The molecule has 1 aromatic rings. The monoisotopic (exact) mass is 284 g/mol. The second kappa shape index (κ2) is 5.48. The first-order valence-electron chi connectivity index (χ1n) is 6.34. The van der Waals surface area contributed by atoms with Crippen molar-refractivity contribution in [3.05, 3.63) is 24.3 Å². The van der Waals surface area contributed by atoms with Gasteiger partial charge < -0.3 is 10.5 Å². The third kappa shape index (κ3) is 3.68. The maximum Gasteiger partial charge on any atom is 0.240 e. The zero-order valence-electron chi connectivity index (χ0n) is 11.1. The number of hydrogen-bond donors (Lipinski definition) is 2. The van der Waals surface area contributed by atoms with Gasteiger partial charge in [0, 0.05) is 25.4 Å². The van der Waals surface area contributed by atoms with Crippen molar-refractivity contribution in [1.82, 2.24) is 4.72 Å². The highest BCUT2D eigenvalue weighted by molar-refractivity contribution is 7.89. The lowest BCUT2D eigenvalue weighted by atomic mass is 9.83. The Balaban J connectivity index is 2.03. The maximum atomic E-state index is 12.1. The summed E-state index contributed by atoms with van der Waals surface area (Å²) in [5.74, 6) is 0. The molecule has 1 aliphatic heterocycles. The van der Waals surface area contributed by atoms with Gasteiger partial charge in [0.25, 0.3) is 0 Å². The summed E-state index contributed by atoms with van der Waals surface area (Å²) in [4.78, 5) is 0.248. The van der Waals surface area contributed by atoms with Gasteiger partial charge in [-0.2, -0.15) is 0 Å². The average Bonchev–Trinajstić information content (AvgIpc) is 2.38. The summed E-state index contributed by atoms with van der Waals surface area (Å²) in [7, 11) is -3.46. The quantitative estimate of drug-likeness (QED) is 0.818. The maximum absolute atomic E-state index is 12.1. The van der Waals surface area contributed by atoms with Crippen LogP contribution >= 0.6 is 0 Å². The van der Waals surface area contributed by atoms with Gasteiger partial charge in [0.2, 0.25) is 10.0 Å². The molecule has 1 aromatic carbocycles. The minimum atomic E-state index is -3.46. The predicted molar refractivity (Wildman–Crippen MR) is 74.2 cm³/mol. The van der Waals surface area contributed by atoms with Crippen LogP contribution in [-0.2, 0) is 14.8 Å². The Morgan fingerprint density at radius 3 is 2.42 bits per heavy atom.